The molecular formula is C14H20NO7P. The second kappa shape index (κ2) is 9.29. The summed E-state index contributed by atoms with van der Waals surface area (Å²) in [7, 11) is -1.35. The number of carbonyl (C=O) groups is 2. The molecule has 0 spiro atoms. The molecule has 0 radical (unpaired) electrons. The van der Waals surface area contributed by atoms with Gasteiger partial charge in [0, 0.05) is 7.11 Å². The van der Waals surface area contributed by atoms with Crippen molar-refractivity contribution in [3.05, 3.63) is 35.9 Å². The summed E-state index contributed by atoms with van der Waals surface area (Å²) in [6.07, 6.45) is -2.30. The van der Waals surface area contributed by atoms with E-state index in [1.165, 1.54) is 14.0 Å². The van der Waals surface area contributed by atoms with Crippen molar-refractivity contribution in [1.29, 1.82) is 0 Å². The van der Waals surface area contributed by atoms with Crippen LogP contribution in [0, 0.1) is 0 Å². The Bertz CT molecular complexity index is 564. The molecule has 0 saturated carbocycles. The van der Waals surface area contributed by atoms with Crippen LogP contribution >= 0.6 is 7.60 Å². The van der Waals surface area contributed by atoms with Gasteiger partial charge in [0.05, 0.1) is 7.11 Å². The van der Waals surface area contributed by atoms with Crippen LogP contribution in [0.1, 0.15) is 12.5 Å². The van der Waals surface area contributed by atoms with Gasteiger partial charge in [0.25, 0.3) is 0 Å². The first kappa shape index (κ1) is 19.2. The summed E-state index contributed by atoms with van der Waals surface area (Å²) in [6.45, 7) is 1.44. The Hall–Kier alpha value is -1.89. The number of hydrogen-bond acceptors (Lipinski definition) is 7. The lowest BCUT2D eigenvalue weighted by Gasteiger charge is -2.19. The van der Waals surface area contributed by atoms with Crippen molar-refractivity contribution in [2.24, 2.45) is 0 Å². The second-order valence-corrected chi connectivity index (χ2v) is 6.57. The Kier molecular flexibility index (Phi) is 7.74. The van der Waals surface area contributed by atoms with Crippen LogP contribution in [0.5, 0.6) is 0 Å². The summed E-state index contributed by atoms with van der Waals surface area (Å²) in [5.74, 6) is -0.700. The molecule has 9 heteroatoms. The van der Waals surface area contributed by atoms with Crippen LogP contribution in [0.2, 0.25) is 0 Å². The van der Waals surface area contributed by atoms with E-state index in [2.05, 4.69) is 10.1 Å². The smallest absolute Gasteiger partial charge is 0.408 e. The Morgan fingerprint density at radius 2 is 1.87 bits per heavy atom. The lowest BCUT2D eigenvalue weighted by atomic mass is 10.2. The minimum absolute atomic E-state index is 0.0728. The normalized spacial score (nSPS) is 14.4. The van der Waals surface area contributed by atoms with Gasteiger partial charge in [0.1, 0.15) is 12.9 Å². The quantitative estimate of drug-likeness (QED) is 0.570. The summed E-state index contributed by atoms with van der Waals surface area (Å²) in [6, 6.07) is 9.08. The fourth-order valence-corrected chi connectivity index (χ4v) is 2.71. The van der Waals surface area contributed by atoms with Crippen LogP contribution in [0.3, 0.4) is 0 Å². The summed E-state index contributed by atoms with van der Waals surface area (Å²) in [5, 5.41) is 2.28. The third-order valence-corrected chi connectivity index (χ3v) is 4.50. The lowest BCUT2D eigenvalue weighted by molar-refractivity contribution is -0.148. The molecule has 1 rings (SSSR count). The predicted octanol–water partition coefficient (Wildman–Crippen LogP) is 2.29. The number of rotatable bonds is 8. The van der Waals surface area contributed by atoms with Crippen molar-refractivity contribution in [3.8, 4) is 0 Å². The number of alkyl carbamates (subject to hydrolysis) is 1. The van der Waals surface area contributed by atoms with Crippen molar-refractivity contribution < 1.29 is 32.7 Å². The van der Waals surface area contributed by atoms with E-state index in [-0.39, 0.29) is 6.61 Å². The molecule has 0 aliphatic rings. The van der Waals surface area contributed by atoms with Crippen molar-refractivity contribution >= 4 is 19.7 Å². The van der Waals surface area contributed by atoms with E-state index in [1.54, 1.807) is 12.1 Å². The molecule has 1 aromatic carbocycles. The highest BCUT2D eigenvalue weighted by Gasteiger charge is 2.30. The third kappa shape index (κ3) is 6.81. The first-order valence-electron chi connectivity index (χ1n) is 6.76. The number of amides is 1. The van der Waals surface area contributed by atoms with E-state index >= 15 is 0 Å². The van der Waals surface area contributed by atoms with E-state index in [1.807, 2.05) is 18.2 Å². The lowest BCUT2D eigenvalue weighted by Crippen LogP contribution is -2.28. The molecule has 0 bridgehead atoms. The molecule has 23 heavy (non-hydrogen) atoms. The van der Waals surface area contributed by atoms with Gasteiger partial charge in [0.15, 0.2) is 6.10 Å². The van der Waals surface area contributed by atoms with Crippen LogP contribution in [-0.2, 0) is 34.5 Å². The Balaban J connectivity index is 2.45. The van der Waals surface area contributed by atoms with E-state index in [0.717, 1.165) is 12.7 Å². The zero-order chi connectivity index (χ0) is 17.3. The largest absolute Gasteiger partial charge is 0.467 e. The molecule has 0 aliphatic carbocycles. The maximum atomic E-state index is 12.3. The van der Waals surface area contributed by atoms with E-state index in [4.69, 9.17) is 13.8 Å². The van der Waals surface area contributed by atoms with Gasteiger partial charge >= 0.3 is 19.7 Å². The second-order valence-electron chi connectivity index (χ2n) is 4.46. The van der Waals surface area contributed by atoms with E-state index in [0.29, 0.717) is 0 Å². The maximum absolute atomic E-state index is 12.3. The molecule has 1 aromatic rings. The van der Waals surface area contributed by atoms with Crippen molar-refractivity contribution in [2.75, 3.05) is 20.5 Å². The molecule has 0 fully saturated rings. The molecular weight excluding hydrogens is 325 g/mol. The minimum Gasteiger partial charge on any atom is -0.467 e. The molecule has 2 atom stereocenters. The average molecular weight is 345 g/mol. The molecule has 128 valence electrons. The number of hydrogen-bond donors (Lipinski definition) is 1. The average Bonchev–Trinajstić information content (AvgIpc) is 2.58. The van der Waals surface area contributed by atoms with Crippen LogP contribution in [0.15, 0.2) is 30.3 Å². The molecule has 0 heterocycles. The number of methoxy groups -OCH3 is 1. The molecule has 0 aromatic heterocycles. The zero-order valence-corrected chi connectivity index (χ0v) is 14.1. The highest BCUT2D eigenvalue weighted by atomic mass is 31.2. The van der Waals surface area contributed by atoms with Gasteiger partial charge in [-0.3, -0.25) is 9.09 Å². The Labute approximate surface area is 134 Å². The highest BCUT2D eigenvalue weighted by molar-refractivity contribution is 7.53. The van der Waals surface area contributed by atoms with Gasteiger partial charge in [-0.05, 0) is 12.5 Å². The number of nitrogens with one attached hydrogen (secondary N) is 1. The highest BCUT2D eigenvalue weighted by Crippen LogP contribution is 2.47. The first-order chi connectivity index (χ1) is 10.9. The Morgan fingerprint density at radius 1 is 1.22 bits per heavy atom. The Morgan fingerprint density at radius 3 is 2.43 bits per heavy atom. The van der Waals surface area contributed by atoms with Crippen molar-refractivity contribution in [3.63, 3.8) is 0 Å². The van der Waals surface area contributed by atoms with Crippen molar-refractivity contribution in [2.45, 2.75) is 19.6 Å². The molecule has 1 unspecified atom stereocenters. The first-order valence-corrected chi connectivity index (χ1v) is 8.48. The molecule has 1 N–H and O–H groups in total. The zero-order valence-electron chi connectivity index (χ0n) is 13.2. The fraction of sp³-hybridized carbons (Fsp3) is 0.429. The topological polar surface area (TPSA) is 100 Å². The van der Waals surface area contributed by atoms with Crippen LogP contribution in [0.4, 0.5) is 4.79 Å². The summed E-state index contributed by atoms with van der Waals surface area (Å²) in [5.41, 5.74) is 0.813. The number of carbonyl (C=O) groups excluding carboxylic acids is 2. The number of benzene rings is 1. The summed E-state index contributed by atoms with van der Waals surface area (Å²) >= 11 is 0. The van der Waals surface area contributed by atoms with Gasteiger partial charge in [-0.1, -0.05) is 30.3 Å². The maximum Gasteiger partial charge on any atom is 0.408 e. The van der Waals surface area contributed by atoms with Gasteiger partial charge in [-0.15, -0.1) is 0 Å². The van der Waals surface area contributed by atoms with Gasteiger partial charge in [-0.2, -0.15) is 0 Å². The SMILES string of the molecule is COC(=O)[C@H](C)OP(=O)(CNC(=O)OCc1ccccc1)OC. The molecule has 0 saturated heterocycles. The summed E-state index contributed by atoms with van der Waals surface area (Å²) in [4.78, 5) is 22.9. The third-order valence-electron chi connectivity index (χ3n) is 2.76. The monoisotopic (exact) mass is 345 g/mol. The standard InChI is InChI=1S/C14H20NO7P/c1-11(13(16)19-2)22-23(18,20-3)10-15-14(17)21-9-12-7-5-4-6-8-12/h4-8,11H,9-10H2,1-3H3,(H,15,17)/t11-,23?/m0/s1. The van der Waals surface area contributed by atoms with E-state index < -0.39 is 32.0 Å². The molecule has 1 amide bonds. The predicted molar refractivity (Wildman–Crippen MR) is 81.8 cm³/mol. The molecule has 8 nitrogen and oxygen atoms in total. The number of ether oxygens (including phenoxy) is 2. The minimum atomic E-state index is -3.69. The van der Waals surface area contributed by atoms with Gasteiger partial charge in [-0.25, -0.2) is 9.59 Å². The number of esters is 1. The van der Waals surface area contributed by atoms with E-state index in [9.17, 15) is 14.2 Å². The van der Waals surface area contributed by atoms with Gasteiger partial charge < -0.3 is 19.3 Å². The summed E-state index contributed by atoms with van der Waals surface area (Å²) < 4.78 is 31.5. The van der Waals surface area contributed by atoms with Crippen LogP contribution in [0.25, 0.3) is 0 Å². The van der Waals surface area contributed by atoms with Gasteiger partial charge in [0.2, 0.25) is 0 Å². The van der Waals surface area contributed by atoms with Crippen LogP contribution < -0.4 is 5.32 Å². The van der Waals surface area contributed by atoms with Crippen LogP contribution in [-0.4, -0.2) is 38.7 Å². The molecule has 0 aliphatic heterocycles. The fourth-order valence-electron chi connectivity index (χ4n) is 1.53. The van der Waals surface area contributed by atoms with Crippen molar-refractivity contribution in [1.82, 2.24) is 5.32 Å².